The van der Waals surface area contributed by atoms with Crippen molar-refractivity contribution < 1.29 is 27.5 Å². The Labute approximate surface area is 287 Å². The number of hydrogen-bond donors (Lipinski definition) is 0. The number of halogens is 3. The summed E-state index contributed by atoms with van der Waals surface area (Å²) in [4.78, 5) is 38.1. The first-order chi connectivity index (χ1) is 23.6. The number of aliphatic imine (C=N–C) groups is 1. The lowest BCUT2D eigenvalue weighted by atomic mass is 10.0. The Morgan fingerprint density at radius 2 is 1.49 bits per heavy atom. The molecule has 0 bridgehead atoms. The van der Waals surface area contributed by atoms with Gasteiger partial charge in [-0.15, -0.1) is 0 Å². The molecule has 0 aromatic heterocycles. The first-order valence-electron chi connectivity index (χ1n) is 17.0. The number of benzene rings is 3. The summed E-state index contributed by atoms with van der Waals surface area (Å²) in [7, 11) is 1.64. The van der Waals surface area contributed by atoms with Gasteiger partial charge in [0.1, 0.15) is 5.75 Å². The second-order valence-corrected chi connectivity index (χ2v) is 12.6. The summed E-state index contributed by atoms with van der Waals surface area (Å²) < 4.78 is 44.4. The number of allylic oxidation sites excluding steroid dienone is 1. The molecule has 1 aliphatic carbocycles. The van der Waals surface area contributed by atoms with E-state index in [0.717, 1.165) is 90.5 Å². The van der Waals surface area contributed by atoms with Crippen molar-refractivity contribution in [3.05, 3.63) is 101 Å². The van der Waals surface area contributed by atoms with Crippen molar-refractivity contribution in [2.75, 3.05) is 46.4 Å². The number of ether oxygens (including phenoxy) is 1. The number of aryl methyl sites for hydroxylation is 1. The second-order valence-electron chi connectivity index (χ2n) is 12.6. The minimum Gasteiger partial charge on any atom is -0.497 e. The molecular formula is C39H45F3N4O3. The minimum atomic E-state index is -4.38. The first kappa shape index (κ1) is 35.9. The van der Waals surface area contributed by atoms with Crippen LogP contribution in [0.5, 0.6) is 5.75 Å². The number of nitrogens with zero attached hydrogens (tertiary/aromatic N) is 4. The molecule has 3 aromatic carbocycles. The van der Waals surface area contributed by atoms with Crippen LogP contribution in [0.2, 0.25) is 0 Å². The molecule has 5 rings (SSSR count). The molecule has 7 nitrogen and oxygen atoms in total. The van der Waals surface area contributed by atoms with Gasteiger partial charge in [0.05, 0.1) is 25.8 Å². The number of alkyl halides is 3. The highest BCUT2D eigenvalue weighted by molar-refractivity contribution is 6.06. The number of carbonyl (C=O) groups is 2. The fraction of sp³-hybridized carbons (Fsp3) is 0.410. The van der Waals surface area contributed by atoms with Crippen molar-refractivity contribution in [2.45, 2.75) is 58.7 Å². The molecule has 0 saturated heterocycles. The fourth-order valence-corrected chi connectivity index (χ4v) is 6.47. The summed E-state index contributed by atoms with van der Waals surface area (Å²) in [6.07, 6.45) is -0.754. The maximum atomic E-state index is 14.1. The number of rotatable bonds is 14. The summed E-state index contributed by atoms with van der Waals surface area (Å²) in [5.74, 6) is 0.581. The van der Waals surface area contributed by atoms with E-state index in [1.807, 2.05) is 53.4 Å². The summed E-state index contributed by atoms with van der Waals surface area (Å²) in [6, 6.07) is 20.6. The zero-order chi connectivity index (χ0) is 35.0. The van der Waals surface area contributed by atoms with Crippen LogP contribution >= 0.6 is 0 Å². The molecule has 49 heavy (non-hydrogen) atoms. The summed E-state index contributed by atoms with van der Waals surface area (Å²) in [5.41, 5.74) is 5.29. The number of amides is 2. The molecule has 3 aromatic rings. The van der Waals surface area contributed by atoms with E-state index in [1.54, 1.807) is 7.11 Å². The standard InChI is InChI=1S/C39H45F3N4O3/c1-4-44(5-2)23-24-45(25-29-9-14-30(15-10-29)31-16-18-32(19-17-31)39(40,41)42)37(47)27-46-26-33(43-38(48)35-7-6-8-36(35)46)20-11-28-12-21-34(49-3)22-13-28/h9-10,12-19,21-22H,4-8,11,20,23-27H2,1-3H3. The third-order valence-corrected chi connectivity index (χ3v) is 9.46. The highest BCUT2D eigenvalue weighted by Gasteiger charge is 2.31. The highest BCUT2D eigenvalue weighted by Crippen LogP contribution is 2.33. The van der Waals surface area contributed by atoms with Crippen LogP contribution in [0.4, 0.5) is 13.2 Å². The molecule has 0 saturated carbocycles. The zero-order valence-corrected chi connectivity index (χ0v) is 28.6. The van der Waals surface area contributed by atoms with Gasteiger partial charge in [-0.3, -0.25) is 9.59 Å². The largest absolute Gasteiger partial charge is 0.497 e. The fourth-order valence-electron chi connectivity index (χ4n) is 6.47. The molecule has 1 aliphatic heterocycles. The lowest BCUT2D eigenvalue weighted by Crippen LogP contribution is -2.44. The van der Waals surface area contributed by atoms with Crippen LogP contribution in [0.25, 0.3) is 11.1 Å². The zero-order valence-electron chi connectivity index (χ0n) is 28.6. The van der Waals surface area contributed by atoms with Gasteiger partial charge in [0.25, 0.3) is 5.91 Å². The number of carbonyl (C=O) groups excluding carboxylic acids is 2. The van der Waals surface area contributed by atoms with Crippen LogP contribution in [-0.4, -0.2) is 78.6 Å². The molecule has 0 unspecified atom stereocenters. The van der Waals surface area contributed by atoms with Crippen molar-refractivity contribution >= 4 is 17.5 Å². The smallest absolute Gasteiger partial charge is 0.416 e. The molecule has 0 N–H and O–H groups in total. The van der Waals surface area contributed by atoms with Gasteiger partial charge in [0, 0.05) is 36.6 Å². The Balaban J connectivity index is 1.31. The normalized spacial score (nSPS) is 15.0. The molecule has 260 valence electrons. The quantitative estimate of drug-likeness (QED) is 0.178. The molecular weight excluding hydrogens is 629 g/mol. The summed E-state index contributed by atoms with van der Waals surface area (Å²) in [5, 5.41) is 0. The highest BCUT2D eigenvalue weighted by atomic mass is 19.4. The third kappa shape index (κ3) is 9.38. The topological polar surface area (TPSA) is 65.4 Å². The lowest BCUT2D eigenvalue weighted by Gasteiger charge is -2.31. The van der Waals surface area contributed by atoms with Crippen molar-refractivity contribution in [1.29, 1.82) is 0 Å². The number of hydrogen-bond acceptors (Lipinski definition) is 5. The molecule has 1 heterocycles. The van der Waals surface area contributed by atoms with Crippen LogP contribution in [0.3, 0.4) is 0 Å². The van der Waals surface area contributed by atoms with E-state index >= 15 is 0 Å². The average molecular weight is 675 g/mol. The molecule has 2 amide bonds. The Morgan fingerprint density at radius 3 is 2.10 bits per heavy atom. The molecule has 0 atom stereocenters. The van der Waals surface area contributed by atoms with Crippen molar-refractivity contribution in [3.63, 3.8) is 0 Å². The molecule has 0 fully saturated rings. The van der Waals surface area contributed by atoms with Crippen LogP contribution in [-0.2, 0) is 28.7 Å². The van der Waals surface area contributed by atoms with Crippen molar-refractivity contribution in [2.24, 2.45) is 4.99 Å². The minimum absolute atomic E-state index is 0.0263. The SMILES string of the molecule is CCN(CC)CCN(Cc1ccc(-c2ccc(C(F)(F)F)cc2)cc1)C(=O)CN1CC(CCc2ccc(OC)cc2)=NC(=O)C2=C1CCC2. The maximum absolute atomic E-state index is 14.1. The predicted octanol–water partition coefficient (Wildman–Crippen LogP) is 7.41. The predicted molar refractivity (Wildman–Crippen MR) is 186 cm³/mol. The third-order valence-electron chi connectivity index (χ3n) is 9.46. The van der Waals surface area contributed by atoms with Gasteiger partial charge in [-0.1, -0.05) is 62.4 Å². The summed E-state index contributed by atoms with van der Waals surface area (Å²) in [6.45, 7) is 8.19. The average Bonchev–Trinajstić information content (AvgIpc) is 3.56. The molecule has 0 spiro atoms. The van der Waals surface area contributed by atoms with Crippen LogP contribution in [0.15, 0.2) is 89.1 Å². The van der Waals surface area contributed by atoms with Gasteiger partial charge < -0.3 is 19.4 Å². The van der Waals surface area contributed by atoms with E-state index in [2.05, 4.69) is 28.6 Å². The van der Waals surface area contributed by atoms with Gasteiger partial charge in [-0.05, 0) is 91.7 Å². The van der Waals surface area contributed by atoms with Crippen molar-refractivity contribution in [1.82, 2.24) is 14.7 Å². The van der Waals surface area contributed by atoms with Crippen molar-refractivity contribution in [3.8, 4) is 16.9 Å². The Morgan fingerprint density at radius 1 is 0.857 bits per heavy atom. The van der Waals surface area contributed by atoms with Gasteiger partial charge in [0.15, 0.2) is 0 Å². The second kappa shape index (κ2) is 16.3. The van der Waals surface area contributed by atoms with Gasteiger partial charge in [0.2, 0.25) is 5.91 Å². The van der Waals surface area contributed by atoms with E-state index in [9.17, 15) is 22.8 Å². The molecule has 0 radical (unpaired) electrons. The molecule has 10 heteroatoms. The van der Waals surface area contributed by atoms with E-state index in [1.165, 1.54) is 12.1 Å². The summed E-state index contributed by atoms with van der Waals surface area (Å²) >= 11 is 0. The Hall–Kier alpha value is -4.44. The van der Waals surface area contributed by atoms with E-state index < -0.39 is 11.7 Å². The first-order valence-corrected chi connectivity index (χ1v) is 17.0. The van der Waals surface area contributed by atoms with Crippen LogP contribution in [0, 0.1) is 0 Å². The van der Waals surface area contributed by atoms with Gasteiger partial charge in [-0.2, -0.15) is 13.2 Å². The number of likely N-dealkylation sites (N-methyl/N-ethyl adjacent to an activating group) is 1. The monoisotopic (exact) mass is 674 g/mol. The van der Waals surface area contributed by atoms with Crippen LogP contribution < -0.4 is 4.74 Å². The Bertz CT molecular complexity index is 1640. The van der Waals surface area contributed by atoms with E-state index in [4.69, 9.17) is 4.74 Å². The van der Waals surface area contributed by atoms with Crippen LogP contribution in [0.1, 0.15) is 56.2 Å². The van der Waals surface area contributed by atoms with Gasteiger partial charge >= 0.3 is 6.18 Å². The van der Waals surface area contributed by atoms with E-state index in [-0.39, 0.29) is 18.4 Å². The lowest BCUT2D eigenvalue weighted by molar-refractivity contribution is -0.137. The number of methoxy groups -OCH3 is 1. The Kier molecular flexibility index (Phi) is 11.9. The molecule has 2 aliphatic rings. The van der Waals surface area contributed by atoms with Gasteiger partial charge in [-0.25, -0.2) is 4.99 Å². The maximum Gasteiger partial charge on any atom is 0.416 e. The van der Waals surface area contributed by atoms with E-state index in [0.29, 0.717) is 38.0 Å².